The molecule has 0 atom stereocenters. The molecule has 7 nitrogen and oxygen atoms in total. The molecule has 9 heteroatoms. The Morgan fingerprint density at radius 1 is 1.03 bits per heavy atom. The molecule has 0 aliphatic carbocycles. The van der Waals surface area contributed by atoms with E-state index >= 15 is 0 Å². The van der Waals surface area contributed by atoms with E-state index in [9.17, 15) is 9.59 Å². The van der Waals surface area contributed by atoms with Gasteiger partial charge in [0.05, 0.1) is 17.3 Å². The van der Waals surface area contributed by atoms with E-state index in [4.69, 9.17) is 21.7 Å². The highest BCUT2D eigenvalue weighted by Crippen LogP contribution is 2.21. The lowest BCUT2D eigenvalue weighted by Gasteiger charge is -2.12. The second-order valence-corrected chi connectivity index (χ2v) is 7.51. The number of benzene rings is 2. The summed E-state index contributed by atoms with van der Waals surface area (Å²) in [6.45, 7) is 2.73. The van der Waals surface area contributed by atoms with Gasteiger partial charge in [0.1, 0.15) is 11.5 Å². The number of methoxy groups -OCH3 is 1. The molecule has 0 heterocycles. The van der Waals surface area contributed by atoms with Gasteiger partial charge in [-0.25, -0.2) is 0 Å². The van der Waals surface area contributed by atoms with Crippen LogP contribution in [0.4, 0.5) is 0 Å². The van der Waals surface area contributed by atoms with Crippen LogP contribution in [0.2, 0.25) is 0 Å². The summed E-state index contributed by atoms with van der Waals surface area (Å²) in [5, 5.41) is 2.49. The van der Waals surface area contributed by atoms with E-state index in [1.807, 2.05) is 0 Å². The Kier molecular flexibility index (Phi) is 9.13. The van der Waals surface area contributed by atoms with Crippen LogP contribution in [0, 0.1) is 3.57 Å². The van der Waals surface area contributed by atoms with E-state index in [1.165, 1.54) is 0 Å². The van der Waals surface area contributed by atoms with Gasteiger partial charge in [-0.2, -0.15) is 0 Å². The summed E-state index contributed by atoms with van der Waals surface area (Å²) in [6.07, 6.45) is 2.03. The number of halogens is 1. The Hall–Kier alpha value is -2.40. The van der Waals surface area contributed by atoms with Crippen molar-refractivity contribution in [1.82, 2.24) is 16.2 Å². The first-order valence-electron chi connectivity index (χ1n) is 8.92. The number of nitrogens with one attached hydrogen (secondary N) is 3. The zero-order valence-corrected chi connectivity index (χ0v) is 19.1. The largest absolute Gasteiger partial charge is 0.496 e. The van der Waals surface area contributed by atoms with Gasteiger partial charge in [0, 0.05) is 11.1 Å². The molecule has 29 heavy (non-hydrogen) atoms. The molecule has 154 valence electrons. The minimum Gasteiger partial charge on any atom is -0.496 e. The number of hydrogen-bond acceptors (Lipinski definition) is 5. The zero-order valence-electron chi connectivity index (χ0n) is 16.1. The van der Waals surface area contributed by atoms with Crippen molar-refractivity contribution in [3.05, 3.63) is 57.2 Å². The monoisotopic (exact) mass is 527 g/mol. The number of hydrazine groups is 1. The van der Waals surface area contributed by atoms with Gasteiger partial charge in [-0.3, -0.25) is 25.8 Å². The van der Waals surface area contributed by atoms with Gasteiger partial charge in [-0.1, -0.05) is 13.3 Å². The standard InChI is InChI=1S/C20H22IN3O4S/c1-3-4-11-28-15-8-5-13(6-9-15)18(25)22-20(29)24-23-19(26)14-7-10-17(27-2)16(21)12-14/h5-10,12H,3-4,11H2,1-2H3,(H,23,26)(H2,22,24,25,29). The molecule has 0 aliphatic heterocycles. The fraction of sp³-hybridized carbons (Fsp3) is 0.250. The lowest BCUT2D eigenvalue weighted by molar-refractivity contribution is 0.0934. The second-order valence-electron chi connectivity index (χ2n) is 5.94. The maximum atomic E-state index is 12.2. The molecule has 0 saturated carbocycles. The molecule has 0 aliphatic rings. The quantitative estimate of drug-likeness (QED) is 0.222. The Balaban J connectivity index is 1.83. The molecule has 2 aromatic rings. The van der Waals surface area contributed by atoms with Crippen LogP contribution in [0.5, 0.6) is 11.5 Å². The van der Waals surface area contributed by atoms with Crippen molar-refractivity contribution in [2.75, 3.05) is 13.7 Å². The maximum Gasteiger partial charge on any atom is 0.269 e. The van der Waals surface area contributed by atoms with Gasteiger partial charge in [-0.15, -0.1) is 0 Å². The molecule has 0 radical (unpaired) electrons. The van der Waals surface area contributed by atoms with Crippen molar-refractivity contribution in [3.63, 3.8) is 0 Å². The average Bonchev–Trinajstić information content (AvgIpc) is 2.72. The van der Waals surface area contributed by atoms with E-state index in [0.717, 1.165) is 16.4 Å². The number of amides is 2. The number of hydrogen-bond donors (Lipinski definition) is 3. The highest BCUT2D eigenvalue weighted by Gasteiger charge is 2.11. The van der Waals surface area contributed by atoms with Crippen LogP contribution in [-0.2, 0) is 0 Å². The van der Waals surface area contributed by atoms with Gasteiger partial charge >= 0.3 is 0 Å². The first-order chi connectivity index (χ1) is 13.9. The number of unbranched alkanes of at least 4 members (excludes halogenated alkanes) is 1. The lowest BCUT2D eigenvalue weighted by Crippen LogP contribution is -2.48. The van der Waals surface area contributed by atoms with Gasteiger partial charge in [0.2, 0.25) is 0 Å². The number of rotatable bonds is 7. The Morgan fingerprint density at radius 2 is 1.72 bits per heavy atom. The van der Waals surface area contributed by atoms with Gasteiger partial charge in [0.15, 0.2) is 5.11 Å². The first kappa shape index (κ1) is 22.9. The summed E-state index contributed by atoms with van der Waals surface area (Å²) in [6, 6.07) is 11.8. The molecule has 2 amide bonds. The van der Waals surface area contributed by atoms with Crippen LogP contribution in [0.25, 0.3) is 0 Å². The molecule has 0 aromatic heterocycles. The van der Waals surface area contributed by atoms with Gasteiger partial charge in [-0.05, 0) is 83.7 Å². The van der Waals surface area contributed by atoms with Crippen molar-refractivity contribution >= 4 is 51.7 Å². The molecule has 0 saturated heterocycles. The second kappa shape index (κ2) is 11.6. The smallest absolute Gasteiger partial charge is 0.269 e. The highest BCUT2D eigenvalue weighted by atomic mass is 127. The normalized spacial score (nSPS) is 10.0. The predicted octanol–water partition coefficient (Wildman–Crippen LogP) is 3.43. The Labute approximate surface area is 188 Å². The summed E-state index contributed by atoms with van der Waals surface area (Å²) >= 11 is 7.13. The van der Waals surface area contributed by atoms with E-state index in [-0.39, 0.29) is 5.11 Å². The highest BCUT2D eigenvalue weighted by molar-refractivity contribution is 14.1. The molecule has 0 spiro atoms. The lowest BCUT2D eigenvalue weighted by atomic mass is 10.2. The van der Waals surface area contributed by atoms with Crippen LogP contribution in [0.15, 0.2) is 42.5 Å². The summed E-state index contributed by atoms with van der Waals surface area (Å²) in [7, 11) is 1.56. The summed E-state index contributed by atoms with van der Waals surface area (Å²) < 4.78 is 11.5. The SMILES string of the molecule is CCCCOc1ccc(C(=O)NC(=S)NNC(=O)c2ccc(OC)c(I)c2)cc1. The van der Waals surface area contributed by atoms with Gasteiger partial charge in [0.25, 0.3) is 11.8 Å². The first-order valence-corrected chi connectivity index (χ1v) is 10.4. The van der Waals surface area contributed by atoms with Crippen molar-refractivity contribution in [1.29, 1.82) is 0 Å². The summed E-state index contributed by atoms with van der Waals surface area (Å²) in [5.41, 5.74) is 5.82. The number of ether oxygens (including phenoxy) is 2. The third-order valence-corrected chi connectivity index (χ3v) is 4.86. The minimum atomic E-state index is -0.393. The number of carbonyl (C=O) groups excluding carboxylic acids is 2. The number of thiocarbonyl (C=S) groups is 1. The molecule has 0 bridgehead atoms. The summed E-state index contributed by atoms with van der Waals surface area (Å²) in [4.78, 5) is 24.4. The molecule has 2 rings (SSSR count). The third kappa shape index (κ3) is 7.17. The Bertz CT molecular complexity index is 875. The van der Waals surface area contributed by atoms with E-state index in [1.54, 1.807) is 49.6 Å². The van der Waals surface area contributed by atoms with E-state index in [0.29, 0.717) is 29.2 Å². The molecule has 0 fully saturated rings. The van der Waals surface area contributed by atoms with Crippen molar-refractivity contribution in [2.24, 2.45) is 0 Å². The predicted molar refractivity (Wildman–Crippen MR) is 123 cm³/mol. The van der Waals surface area contributed by atoms with Crippen molar-refractivity contribution in [3.8, 4) is 11.5 Å². The molecule has 3 N–H and O–H groups in total. The maximum absolute atomic E-state index is 12.2. The van der Waals surface area contributed by atoms with Crippen LogP contribution in [0.1, 0.15) is 40.5 Å². The fourth-order valence-electron chi connectivity index (χ4n) is 2.24. The zero-order chi connectivity index (χ0) is 21.2. The van der Waals surface area contributed by atoms with Crippen LogP contribution in [0.3, 0.4) is 0 Å². The fourth-order valence-corrected chi connectivity index (χ4v) is 3.12. The third-order valence-electron chi connectivity index (χ3n) is 3.81. The Morgan fingerprint density at radius 3 is 2.34 bits per heavy atom. The molecule has 0 unspecified atom stereocenters. The van der Waals surface area contributed by atoms with Crippen LogP contribution in [-0.4, -0.2) is 30.6 Å². The van der Waals surface area contributed by atoms with Crippen LogP contribution < -0.4 is 25.6 Å². The molecular weight excluding hydrogens is 505 g/mol. The molecule has 2 aromatic carbocycles. The van der Waals surface area contributed by atoms with Crippen LogP contribution >= 0.6 is 34.8 Å². The van der Waals surface area contributed by atoms with E-state index < -0.39 is 11.8 Å². The average molecular weight is 527 g/mol. The topological polar surface area (TPSA) is 88.7 Å². The number of carbonyl (C=O) groups is 2. The molecular formula is C20H22IN3O4S. The van der Waals surface area contributed by atoms with Crippen molar-refractivity contribution in [2.45, 2.75) is 19.8 Å². The van der Waals surface area contributed by atoms with Gasteiger partial charge < -0.3 is 9.47 Å². The van der Waals surface area contributed by atoms with Crippen molar-refractivity contribution < 1.29 is 19.1 Å². The summed E-state index contributed by atoms with van der Waals surface area (Å²) in [5.74, 6) is 0.600. The van der Waals surface area contributed by atoms with E-state index in [2.05, 4.69) is 45.7 Å². The minimum absolute atomic E-state index is 0.0187.